The number of hydrogen-bond donors (Lipinski definition) is 0. The predicted octanol–water partition coefficient (Wildman–Crippen LogP) is 19.8. The molecule has 0 saturated heterocycles. The van der Waals surface area contributed by atoms with Gasteiger partial charge in [-0.3, -0.25) is 0 Å². The van der Waals surface area contributed by atoms with Gasteiger partial charge in [-0.1, -0.05) is 171 Å². The molecule has 0 unspecified atom stereocenters. The van der Waals surface area contributed by atoms with E-state index in [1.807, 2.05) is 6.08 Å². The summed E-state index contributed by atoms with van der Waals surface area (Å²) in [6.07, 6.45) is 4.38. The zero-order chi connectivity index (χ0) is 50.0. The van der Waals surface area contributed by atoms with Crippen LogP contribution in [0.2, 0.25) is 0 Å². The van der Waals surface area contributed by atoms with Crippen LogP contribution in [0.5, 0.6) is 0 Å². The molecule has 2 nitrogen and oxygen atoms in total. The molecule has 2 aliphatic rings. The minimum absolute atomic E-state index is 0.443. The Kier molecular flexibility index (Phi) is 12.0. The summed E-state index contributed by atoms with van der Waals surface area (Å²) in [5.74, 6) is 1.80. The third kappa shape index (κ3) is 7.80. The van der Waals surface area contributed by atoms with Crippen molar-refractivity contribution < 1.29 is 0 Å². The zero-order valence-corrected chi connectivity index (χ0v) is 43.5. The number of allylic oxidation sites excluding steroid dienone is 1. The summed E-state index contributed by atoms with van der Waals surface area (Å²) in [6, 6.07) is 71.7. The maximum atomic E-state index is 4.48. The molecule has 9 aromatic carbocycles. The molecule has 1 spiro atoms. The molecule has 2 aliphatic carbocycles. The van der Waals surface area contributed by atoms with E-state index in [2.05, 4.69) is 273 Å². The topological polar surface area (TPSA) is 6.48 Å². The van der Waals surface area contributed by atoms with Crippen LogP contribution < -0.4 is 9.80 Å². The second-order valence-corrected chi connectivity index (χ2v) is 21.5. The van der Waals surface area contributed by atoms with Crippen molar-refractivity contribution in [3.05, 3.63) is 262 Å². The summed E-state index contributed by atoms with van der Waals surface area (Å²) < 4.78 is 0. The van der Waals surface area contributed by atoms with Crippen LogP contribution in [0.15, 0.2) is 206 Å². The number of anilines is 5. The second-order valence-electron chi connectivity index (χ2n) is 21.5. The fraction of sp³-hybridized carbons (Fsp3) is 0.200. The number of hydrogen-bond acceptors (Lipinski definition) is 2. The summed E-state index contributed by atoms with van der Waals surface area (Å²) in [5.41, 5.74) is 24.3. The molecule has 0 aromatic heterocycles. The quantitative estimate of drug-likeness (QED) is 0.113. The van der Waals surface area contributed by atoms with Gasteiger partial charge in [0.15, 0.2) is 0 Å². The first-order valence-corrected chi connectivity index (χ1v) is 26.1. The molecular weight excluding hydrogens is 869 g/mol. The molecular formula is C70H66N2. The summed E-state index contributed by atoms with van der Waals surface area (Å²) >= 11 is 0. The van der Waals surface area contributed by atoms with Crippen molar-refractivity contribution in [1.82, 2.24) is 0 Å². The van der Waals surface area contributed by atoms with Gasteiger partial charge in [0.05, 0.1) is 5.41 Å². The Morgan fingerprint density at radius 2 is 0.819 bits per heavy atom. The fourth-order valence-corrected chi connectivity index (χ4v) is 11.6. The van der Waals surface area contributed by atoms with Crippen LogP contribution in [-0.4, -0.2) is 0 Å². The summed E-state index contributed by atoms with van der Waals surface area (Å²) in [7, 11) is 0. The van der Waals surface area contributed by atoms with E-state index in [4.69, 9.17) is 0 Å². The molecule has 11 rings (SSSR count). The molecule has 72 heavy (non-hydrogen) atoms. The lowest BCUT2D eigenvalue weighted by Gasteiger charge is -2.31. The van der Waals surface area contributed by atoms with E-state index in [0.29, 0.717) is 23.7 Å². The van der Waals surface area contributed by atoms with Crippen molar-refractivity contribution in [3.8, 4) is 22.3 Å². The molecule has 2 heteroatoms. The standard InChI is InChI=1S/C70H66N2/c1-11-56(71(57-29-20-49(21-30-57)44(2)3)58-31-22-50(23-32-58)45(4)5)39-54-42-68-64(38-48(54)10)65-41-53-28-37-61(72(59-33-24-51(25-34-59)46(6)7)60-35-26-52(27-36-60)47(8)9)40-55(53)43-69(65)70(68)66-18-14-12-16-62(66)63-17-13-15-19-67(63)70/h11-47H,1H2,2-10H3/b56-39+. The average molecular weight is 935 g/mol. The first-order chi connectivity index (χ1) is 34.8. The summed E-state index contributed by atoms with van der Waals surface area (Å²) in [4.78, 5) is 4.79. The maximum absolute atomic E-state index is 4.48. The van der Waals surface area contributed by atoms with Gasteiger partial charge in [-0.2, -0.15) is 0 Å². The first-order valence-electron chi connectivity index (χ1n) is 26.1. The van der Waals surface area contributed by atoms with E-state index < -0.39 is 5.41 Å². The third-order valence-corrected chi connectivity index (χ3v) is 15.7. The van der Waals surface area contributed by atoms with Gasteiger partial charge in [0.1, 0.15) is 0 Å². The van der Waals surface area contributed by atoms with Crippen LogP contribution in [0.3, 0.4) is 0 Å². The Morgan fingerprint density at radius 1 is 0.403 bits per heavy atom. The maximum Gasteiger partial charge on any atom is 0.0725 e. The largest absolute Gasteiger partial charge is 0.311 e. The van der Waals surface area contributed by atoms with Gasteiger partial charge in [0.25, 0.3) is 0 Å². The zero-order valence-electron chi connectivity index (χ0n) is 43.5. The van der Waals surface area contributed by atoms with E-state index in [-0.39, 0.29) is 0 Å². The highest BCUT2D eigenvalue weighted by Crippen LogP contribution is 2.63. The molecule has 0 saturated carbocycles. The highest BCUT2D eigenvalue weighted by Gasteiger charge is 2.52. The third-order valence-electron chi connectivity index (χ3n) is 15.7. The van der Waals surface area contributed by atoms with Crippen molar-refractivity contribution >= 4 is 45.3 Å². The van der Waals surface area contributed by atoms with Crippen LogP contribution in [0.1, 0.15) is 135 Å². The number of benzene rings is 9. The van der Waals surface area contributed by atoms with E-state index in [1.54, 1.807) is 0 Å². The van der Waals surface area contributed by atoms with E-state index in [1.165, 1.54) is 88.7 Å². The molecule has 0 radical (unpaired) electrons. The molecule has 356 valence electrons. The first kappa shape index (κ1) is 46.7. The SMILES string of the molecule is C=C/C(=C\c1cc2c(cc1C)-c1cc3ccc(N(c4ccc(C(C)C)cc4)c4ccc(C(C)C)cc4)cc3cc1C21c2ccccc2-c2ccccc21)N(c1ccc(C(C)C)cc1)c1ccc(C(C)C)cc1. The highest BCUT2D eigenvalue weighted by molar-refractivity contribution is 6.01. The lowest BCUT2D eigenvalue weighted by Crippen LogP contribution is -2.26. The summed E-state index contributed by atoms with van der Waals surface area (Å²) in [6.45, 7) is 24.8. The monoisotopic (exact) mass is 935 g/mol. The second kappa shape index (κ2) is 18.5. The van der Waals surface area contributed by atoms with Gasteiger partial charge in [-0.05, 0) is 210 Å². The highest BCUT2D eigenvalue weighted by atomic mass is 15.1. The number of fused-ring (bicyclic) bond motifs is 11. The Hall–Kier alpha value is -7.68. The van der Waals surface area contributed by atoms with Gasteiger partial charge in [-0.25, -0.2) is 0 Å². The van der Waals surface area contributed by atoms with Crippen molar-refractivity contribution in [1.29, 1.82) is 0 Å². The number of rotatable bonds is 12. The molecule has 0 heterocycles. The van der Waals surface area contributed by atoms with E-state index in [0.717, 1.165) is 34.1 Å². The van der Waals surface area contributed by atoms with Gasteiger partial charge in [0, 0.05) is 34.1 Å². The molecule has 0 fully saturated rings. The Balaban J connectivity index is 1.11. The Bertz CT molecular complexity index is 3380. The summed E-state index contributed by atoms with van der Waals surface area (Å²) in [5, 5.41) is 2.44. The Morgan fingerprint density at radius 3 is 1.28 bits per heavy atom. The molecule has 0 bridgehead atoms. The van der Waals surface area contributed by atoms with Crippen LogP contribution in [0, 0.1) is 6.92 Å². The van der Waals surface area contributed by atoms with Crippen molar-refractivity contribution in [2.24, 2.45) is 0 Å². The lowest BCUT2D eigenvalue weighted by molar-refractivity contribution is 0.794. The van der Waals surface area contributed by atoms with Crippen LogP contribution >= 0.6 is 0 Å². The van der Waals surface area contributed by atoms with Gasteiger partial charge >= 0.3 is 0 Å². The van der Waals surface area contributed by atoms with Crippen molar-refractivity contribution in [2.75, 3.05) is 9.80 Å². The lowest BCUT2D eigenvalue weighted by atomic mass is 9.70. The molecule has 0 N–H and O–H groups in total. The van der Waals surface area contributed by atoms with Crippen molar-refractivity contribution in [2.45, 2.75) is 91.4 Å². The smallest absolute Gasteiger partial charge is 0.0725 e. The predicted molar refractivity (Wildman–Crippen MR) is 309 cm³/mol. The molecule has 0 aliphatic heterocycles. The fourth-order valence-electron chi connectivity index (χ4n) is 11.6. The van der Waals surface area contributed by atoms with Gasteiger partial charge in [-0.15, -0.1) is 0 Å². The van der Waals surface area contributed by atoms with E-state index >= 15 is 0 Å². The van der Waals surface area contributed by atoms with Crippen LogP contribution in [0.4, 0.5) is 28.4 Å². The van der Waals surface area contributed by atoms with E-state index in [9.17, 15) is 0 Å². The molecule has 0 amide bonds. The minimum Gasteiger partial charge on any atom is -0.311 e. The average Bonchev–Trinajstić information content (AvgIpc) is 3.84. The Labute approximate surface area is 428 Å². The molecule has 0 atom stereocenters. The normalized spacial score (nSPS) is 13.3. The number of aryl methyl sites for hydroxylation is 1. The van der Waals surface area contributed by atoms with Crippen molar-refractivity contribution in [3.63, 3.8) is 0 Å². The van der Waals surface area contributed by atoms with Crippen LogP contribution in [-0.2, 0) is 5.41 Å². The minimum atomic E-state index is -0.537. The molecule has 9 aromatic rings. The van der Waals surface area contributed by atoms with Gasteiger partial charge in [0.2, 0.25) is 0 Å². The number of nitrogens with zero attached hydrogens (tertiary/aromatic N) is 2. The van der Waals surface area contributed by atoms with Gasteiger partial charge < -0.3 is 9.80 Å². The van der Waals surface area contributed by atoms with Crippen LogP contribution in [0.25, 0.3) is 39.1 Å².